The molecule has 17 heavy (non-hydrogen) atoms. The molecule has 2 atom stereocenters. The Bertz CT molecular complexity index is 500. The van der Waals surface area contributed by atoms with E-state index in [0.29, 0.717) is 11.4 Å². The highest BCUT2D eigenvalue weighted by atomic mass is 32.2. The number of sulfone groups is 1. The molecule has 1 fully saturated rings. The van der Waals surface area contributed by atoms with Crippen molar-refractivity contribution in [1.29, 1.82) is 0 Å². The third-order valence-corrected chi connectivity index (χ3v) is 4.49. The molecular weight excluding hydrogens is 242 g/mol. The normalized spacial score (nSPS) is 26.7. The van der Waals surface area contributed by atoms with Crippen LogP contribution in [0.15, 0.2) is 24.3 Å². The Balaban J connectivity index is 2.16. The summed E-state index contributed by atoms with van der Waals surface area (Å²) in [4.78, 5) is 0. The van der Waals surface area contributed by atoms with Crippen LogP contribution in [0.1, 0.15) is 0 Å². The minimum absolute atomic E-state index is 0.0494. The van der Waals surface area contributed by atoms with E-state index in [-0.39, 0.29) is 11.5 Å². The van der Waals surface area contributed by atoms with Crippen molar-refractivity contribution < 1.29 is 18.3 Å². The molecule has 1 aromatic rings. The number of aliphatic hydroxyl groups excluding tert-OH is 1. The first kappa shape index (κ1) is 12.2. The number of anilines is 1. The molecule has 0 unspecified atom stereocenters. The molecule has 1 aromatic carbocycles. The predicted molar refractivity (Wildman–Crippen MR) is 65.1 cm³/mol. The van der Waals surface area contributed by atoms with Crippen molar-refractivity contribution in [3.63, 3.8) is 0 Å². The fourth-order valence-corrected chi connectivity index (χ4v) is 3.67. The van der Waals surface area contributed by atoms with Crippen molar-refractivity contribution >= 4 is 15.5 Å². The average molecular weight is 257 g/mol. The summed E-state index contributed by atoms with van der Waals surface area (Å²) in [5.74, 6) is 0.399. The maximum absolute atomic E-state index is 11.4. The second kappa shape index (κ2) is 4.54. The first-order valence-electron chi connectivity index (χ1n) is 5.30. The van der Waals surface area contributed by atoms with Crippen LogP contribution in [0.4, 0.5) is 5.69 Å². The van der Waals surface area contributed by atoms with Gasteiger partial charge in [-0.3, -0.25) is 0 Å². The van der Waals surface area contributed by atoms with Gasteiger partial charge in [0.05, 0.1) is 36.4 Å². The van der Waals surface area contributed by atoms with E-state index in [1.165, 1.54) is 0 Å². The molecule has 1 aliphatic heterocycles. The molecule has 0 amide bonds. The molecule has 0 aromatic heterocycles. The van der Waals surface area contributed by atoms with Crippen LogP contribution < -0.4 is 10.1 Å². The molecule has 2 rings (SSSR count). The summed E-state index contributed by atoms with van der Waals surface area (Å²) in [6.45, 7) is 0. The quantitative estimate of drug-likeness (QED) is 0.812. The Morgan fingerprint density at radius 3 is 2.65 bits per heavy atom. The molecular formula is C11H15NO4S. The summed E-state index contributed by atoms with van der Waals surface area (Å²) < 4.78 is 27.9. The van der Waals surface area contributed by atoms with E-state index in [1.54, 1.807) is 19.2 Å². The molecule has 0 aliphatic carbocycles. The zero-order chi connectivity index (χ0) is 12.5. The van der Waals surface area contributed by atoms with Gasteiger partial charge in [-0.1, -0.05) is 12.1 Å². The number of nitrogens with one attached hydrogen (secondary N) is 1. The average Bonchev–Trinajstić information content (AvgIpc) is 2.52. The number of methoxy groups -OCH3 is 1. The Kier molecular flexibility index (Phi) is 3.26. The maximum atomic E-state index is 11.4. The third-order valence-electron chi connectivity index (χ3n) is 2.77. The van der Waals surface area contributed by atoms with Crippen molar-refractivity contribution in [3.8, 4) is 5.75 Å². The summed E-state index contributed by atoms with van der Waals surface area (Å²) in [7, 11) is -1.59. The Morgan fingerprint density at radius 1 is 1.35 bits per heavy atom. The SMILES string of the molecule is COc1ccccc1N[C@H]1CS(=O)(=O)C[C@@H]1O. The first-order valence-corrected chi connectivity index (χ1v) is 7.12. The van der Waals surface area contributed by atoms with Gasteiger partial charge in [0.15, 0.2) is 9.84 Å². The van der Waals surface area contributed by atoms with Crippen LogP contribution in [-0.2, 0) is 9.84 Å². The van der Waals surface area contributed by atoms with Crippen LogP contribution in [-0.4, -0.2) is 44.3 Å². The van der Waals surface area contributed by atoms with E-state index in [0.717, 1.165) is 0 Å². The highest BCUT2D eigenvalue weighted by Crippen LogP contribution is 2.26. The van der Waals surface area contributed by atoms with E-state index in [2.05, 4.69) is 5.32 Å². The number of rotatable bonds is 3. The minimum atomic E-state index is -3.14. The zero-order valence-electron chi connectivity index (χ0n) is 9.46. The molecule has 0 spiro atoms. The van der Waals surface area contributed by atoms with Crippen molar-refractivity contribution in [2.75, 3.05) is 23.9 Å². The van der Waals surface area contributed by atoms with Crippen molar-refractivity contribution in [2.45, 2.75) is 12.1 Å². The number of benzene rings is 1. The summed E-state index contributed by atoms with van der Waals surface area (Å²) >= 11 is 0. The second-order valence-corrected chi connectivity index (χ2v) is 6.25. The van der Waals surface area contributed by atoms with Crippen molar-refractivity contribution in [3.05, 3.63) is 24.3 Å². The molecule has 0 bridgehead atoms. The second-order valence-electron chi connectivity index (χ2n) is 4.10. The van der Waals surface area contributed by atoms with Crippen molar-refractivity contribution in [1.82, 2.24) is 0 Å². The van der Waals surface area contributed by atoms with Gasteiger partial charge in [-0.05, 0) is 12.1 Å². The fourth-order valence-electron chi connectivity index (χ4n) is 1.93. The summed E-state index contributed by atoms with van der Waals surface area (Å²) in [6.07, 6.45) is -0.870. The lowest BCUT2D eigenvalue weighted by atomic mass is 10.2. The zero-order valence-corrected chi connectivity index (χ0v) is 10.3. The lowest BCUT2D eigenvalue weighted by molar-refractivity contribution is 0.190. The van der Waals surface area contributed by atoms with E-state index < -0.39 is 22.0 Å². The van der Waals surface area contributed by atoms with E-state index in [4.69, 9.17) is 4.74 Å². The Labute approximate surface area is 100 Å². The lowest BCUT2D eigenvalue weighted by Gasteiger charge is -2.18. The Hall–Kier alpha value is -1.27. The van der Waals surface area contributed by atoms with Crippen LogP contribution in [0, 0.1) is 0 Å². The largest absolute Gasteiger partial charge is 0.495 e. The number of hydrogen-bond donors (Lipinski definition) is 2. The van der Waals surface area contributed by atoms with Crippen molar-refractivity contribution in [2.24, 2.45) is 0 Å². The van der Waals surface area contributed by atoms with Gasteiger partial charge in [-0.15, -0.1) is 0 Å². The van der Waals surface area contributed by atoms with Gasteiger partial charge in [0.1, 0.15) is 5.75 Å². The van der Waals surface area contributed by atoms with Crippen LogP contribution in [0.3, 0.4) is 0 Å². The minimum Gasteiger partial charge on any atom is -0.495 e. The molecule has 1 aliphatic rings. The molecule has 94 valence electrons. The number of hydrogen-bond acceptors (Lipinski definition) is 5. The van der Waals surface area contributed by atoms with Gasteiger partial charge in [0, 0.05) is 0 Å². The molecule has 1 saturated heterocycles. The number of aliphatic hydroxyl groups is 1. The highest BCUT2D eigenvalue weighted by molar-refractivity contribution is 7.91. The summed E-state index contributed by atoms with van der Waals surface area (Å²) in [6, 6.07) is 6.73. The first-order chi connectivity index (χ1) is 8.02. The molecule has 1 heterocycles. The third kappa shape index (κ3) is 2.70. The van der Waals surface area contributed by atoms with E-state index in [9.17, 15) is 13.5 Å². The number of para-hydroxylation sites is 2. The van der Waals surface area contributed by atoms with Gasteiger partial charge in [0.25, 0.3) is 0 Å². The van der Waals surface area contributed by atoms with Crippen LogP contribution in [0.25, 0.3) is 0 Å². The maximum Gasteiger partial charge on any atom is 0.155 e. The predicted octanol–water partition coefficient (Wildman–Crippen LogP) is 0.265. The molecule has 0 saturated carbocycles. The lowest BCUT2D eigenvalue weighted by Crippen LogP contribution is -2.31. The van der Waals surface area contributed by atoms with Crippen LogP contribution in [0.2, 0.25) is 0 Å². The molecule has 0 radical (unpaired) electrons. The van der Waals surface area contributed by atoms with Gasteiger partial charge in [-0.2, -0.15) is 0 Å². The van der Waals surface area contributed by atoms with Gasteiger partial charge >= 0.3 is 0 Å². The number of ether oxygens (including phenoxy) is 1. The monoisotopic (exact) mass is 257 g/mol. The van der Waals surface area contributed by atoms with Crippen LogP contribution in [0.5, 0.6) is 5.75 Å². The topological polar surface area (TPSA) is 75.6 Å². The molecule has 5 nitrogen and oxygen atoms in total. The van der Waals surface area contributed by atoms with Gasteiger partial charge < -0.3 is 15.2 Å². The van der Waals surface area contributed by atoms with Gasteiger partial charge in [0.2, 0.25) is 0 Å². The summed E-state index contributed by atoms with van der Waals surface area (Å²) in [5.41, 5.74) is 0.691. The smallest absolute Gasteiger partial charge is 0.155 e. The van der Waals surface area contributed by atoms with E-state index in [1.807, 2.05) is 12.1 Å². The molecule has 6 heteroatoms. The van der Waals surface area contributed by atoms with Crippen LogP contribution >= 0.6 is 0 Å². The van der Waals surface area contributed by atoms with E-state index >= 15 is 0 Å². The Morgan fingerprint density at radius 2 is 2.06 bits per heavy atom. The van der Waals surface area contributed by atoms with Gasteiger partial charge in [-0.25, -0.2) is 8.42 Å². The highest BCUT2D eigenvalue weighted by Gasteiger charge is 2.36. The molecule has 2 N–H and O–H groups in total. The standard InChI is InChI=1S/C11H15NO4S/c1-16-11-5-3-2-4-8(11)12-9-6-17(14,15)7-10(9)13/h2-5,9-10,12-13H,6-7H2,1H3/t9-,10-/m0/s1. The summed E-state index contributed by atoms with van der Waals surface area (Å²) in [5, 5.41) is 12.7. The fraction of sp³-hybridized carbons (Fsp3) is 0.455.